The van der Waals surface area contributed by atoms with E-state index in [1.807, 2.05) is 53.7 Å². The van der Waals surface area contributed by atoms with E-state index in [1.54, 1.807) is 4.90 Å². The SMILES string of the molecule is CN(c1ccc(OC(C)(C)C)cc1)[C@H]1CCN(C(=O)OC(C)(C)C)C1. The summed E-state index contributed by atoms with van der Waals surface area (Å²) in [6.07, 6.45) is 0.716. The van der Waals surface area contributed by atoms with Crippen LogP contribution in [0.25, 0.3) is 0 Å². The molecule has 1 atom stereocenters. The maximum Gasteiger partial charge on any atom is 0.410 e. The molecule has 1 aromatic rings. The van der Waals surface area contributed by atoms with Gasteiger partial charge in [-0.1, -0.05) is 0 Å². The number of rotatable bonds is 3. The molecule has 0 unspecified atom stereocenters. The third-order valence-corrected chi connectivity index (χ3v) is 4.03. The zero-order chi connectivity index (χ0) is 18.8. The topological polar surface area (TPSA) is 42.0 Å². The van der Waals surface area contributed by atoms with Crippen LogP contribution in [0.15, 0.2) is 24.3 Å². The van der Waals surface area contributed by atoms with Crippen molar-refractivity contribution in [3.05, 3.63) is 24.3 Å². The number of carbonyl (C=O) groups is 1. The van der Waals surface area contributed by atoms with Gasteiger partial charge in [-0.15, -0.1) is 0 Å². The quantitative estimate of drug-likeness (QED) is 0.816. The van der Waals surface area contributed by atoms with Gasteiger partial charge in [0.1, 0.15) is 17.0 Å². The molecule has 0 radical (unpaired) electrons. The molecule has 5 heteroatoms. The van der Waals surface area contributed by atoms with Gasteiger partial charge in [0, 0.05) is 31.9 Å². The molecule has 0 aromatic heterocycles. The molecular formula is C20H32N2O3. The zero-order valence-electron chi connectivity index (χ0n) is 16.6. The van der Waals surface area contributed by atoms with Crippen molar-refractivity contribution in [1.29, 1.82) is 0 Å². The standard InChI is InChI=1S/C20H32N2O3/c1-19(2,3)24-17-10-8-15(9-11-17)21(7)16-12-13-22(14-16)18(23)25-20(4,5)6/h8-11,16H,12-14H2,1-7H3/t16-/m0/s1. The Morgan fingerprint density at radius 1 is 1.08 bits per heavy atom. The minimum Gasteiger partial charge on any atom is -0.488 e. The van der Waals surface area contributed by atoms with Gasteiger partial charge in [-0.2, -0.15) is 0 Å². The van der Waals surface area contributed by atoms with Crippen LogP contribution in [-0.2, 0) is 4.74 Å². The fraction of sp³-hybridized carbons (Fsp3) is 0.650. The van der Waals surface area contributed by atoms with Gasteiger partial charge >= 0.3 is 6.09 Å². The van der Waals surface area contributed by atoms with E-state index in [9.17, 15) is 4.79 Å². The van der Waals surface area contributed by atoms with Crippen LogP contribution in [0.5, 0.6) is 5.75 Å². The van der Waals surface area contributed by atoms with E-state index in [4.69, 9.17) is 9.47 Å². The lowest BCUT2D eigenvalue weighted by molar-refractivity contribution is 0.0292. The molecule has 140 valence electrons. The summed E-state index contributed by atoms with van der Waals surface area (Å²) in [7, 11) is 2.07. The van der Waals surface area contributed by atoms with Gasteiger partial charge in [0.2, 0.25) is 0 Å². The number of hydrogen-bond donors (Lipinski definition) is 0. The Labute approximate surface area is 151 Å². The van der Waals surface area contributed by atoms with Crippen LogP contribution in [0, 0.1) is 0 Å². The van der Waals surface area contributed by atoms with Crippen LogP contribution in [-0.4, -0.2) is 48.4 Å². The first kappa shape index (κ1) is 19.4. The molecular weight excluding hydrogens is 316 g/mol. The highest BCUT2D eigenvalue weighted by Gasteiger charge is 2.31. The first-order chi connectivity index (χ1) is 11.4. The number of likely N-dealkylation sites (tertiary alicyclic amines) is 1. The summed E-state index contributed by atoms with van der Waals surface area (Å²) in [6.45, 7) is 13.2. The second-order valence-corrected chi connectivity index (χ2v) is 8.69. The number of likely N-dealkylation sites (N-methyl/N-ethyl adjacent to an activating group) is 1. The Bertz CT molecular complexity index is 584. The van der Waals surface area contributed by atoms with E-state index >= 15 is 0 Å². The van der Waals surface area contributed by atoms with Gasteiger partial charge in [0.25, 0.3) is 0 Å². The molecule has 1 heterocycles. The Hall–Kier alpha value is -1.91. The van der Waals surface area contributed by atoms with Gasteiger partial charge in [0.05, 0.1) is 0 Å². The normalized spacial score (nSPS) is 18.2. The molecule has 25 heavy (non-hydrogen) atoms. The average molecular weight is 348 g/mol. The molecule has 5 nitrogen and oxygen atoms in total. The minimum absolute atomic E-state index is 0.202. The van der Waals surface area contributed by atoms with Gasteiger partial charge in [-0.25, -0.2) is 4.79 Å². The van der Waals surface area contributed by atoms with Crippen LogP contribution < -0.4 is 9.64 Å². The van der Waals surface area contributed by atoms with E-state index in [0.29, 0.717) is 12.6 Å². The molecule has 0 N–H and O–H groups in total. The van der Waals surface area contributed by atoms with Crippen LogP contribution in [0.3, 0.4) is 0 Å². The van der Waals surface area contributed by atoms with Crippen LogP contribution in [0.2, 0.25) is 0 Å². The van der Waals surface area contributed by atoms with Crippen LogP contribution in [0.4, 0.5) is 10.5 Å². The fourth-order valence-corrected chi connectivity index (χ4v) is 2.86. The summed E-state index contributed by atoms with van der Waals surface area (Å²) in [5.74, 6) is 0.867. The first-order valence-electron chi connectivity index (χ1n) is 8.94. The molecule has 0 spiro atoms. The molecule has 1 aliphatic rings. The Morgan fingerprint density at radius 2 is 1.68 bits per heavy atom. The smallest absolute Gasteiger partial charge is 0.410 e. The first-order valence-corrected chi connectivity index (χ1v) is 8.94. The van der Waals surface area contributed by atoms with Crippen molar-refractivity contribution in [2.75, 3.05) is 25.0 Å². The third kappa shape index (κ3) is 5.83. The molecule has 0 aliphatic carbocycles. The average Bonchev–Trinajstić information content (AvgIpc) is 2.93. The van der Waals surface area contributed by atoms with Crippen molar-refractivity contribution in [3.63, 3.8) is 0 Å². The predicted molar refractivity (Wildman–Crippen MR) is 101 cm³/mol. The van der Waals surface area contributed by atoms with Crippen molar-refractivity contribution in [3.8, 4) is 5.75 Å². The number of amides is 1. The van der Waals surface area contributed by atoms with E-state index in [0.717, 1.165) is 24.4 Å². The van der Waals surface area contributed by atoms with Crippen LogP contribution in [0.1, 0.15) is 48.0 Å². The number of anilines is 1. The second-order valence-electron chi connectivity index (χ2n) is 8.69. The van der Waals surface area contributed by atoms with E-state index < -0.39 is 5.60 Å². The van der Waals surface area contributed by atoms with E-state index in [1.165, 1.54) is 0 Å². The Morgan fingerprint density at radius 3 is 2.20 bits per heavy atom. The van der Waals surface area contributed by atoms with Crippen molar-refractivity contribution in [1.82, 2.24) is 4.90 Å². The van der Waals surface area contributed by atoms with Gasteiger partial charge < -0.3 is 19.3 Å². The highest BCUT2D eigenvalue weighted by molar-refractivity contribution is 5.68. The molecule has 0 saturated carbocycles. The lowest BCUT2D eigenvalue weighted by Crippen LogP contribution is -2.39. The molecule has 1 fully saturated rings. The lowest BCUT2D eigenvalue weighted by Gasteiger charge is -2.28. The molecule has 0 bridgehead atoms. The third-order valence-electron chi connectivity index (χ3n) is 4.03. The fourth-order valence-electron chi connectivity index (χ4n) is 2.86. The Balaban J connectivity index is 1.95. The predicted octanol–water partition coefficient (Wildman–Crippen LogP) is 4.31. The largest absolute Gasteiger partial charge is 0.488 e. The number of nitrogens with zero attached hydrogens (tertiary/aromatic N) is 2. The minimum atomic E-state index is -0.454. The molecule has 1 saturated heterocycles. The molecule has 2 rings (SSSR count). The van der Waals surface area contributed by atoms with Crippen LogP contribution >= 0.6 is 0 Å². The molecule has 1 amide bonds. The number of carbonyl (C=O) groups excluding carboxylic acids is 1. The van der Waals surface area contributed by atoms with E-state index in [2.05, 4.69) is 24.1 Å². The lowest BCUT2D eigenvalue weighted by atomic mass is 10.1. The summed E-state index contributed by atoms with van der Waals surface area (Å²) < 4.78 is 11.3. The van der Waals surface area contributed by atoms with Crippen molar-refractivity contribution >= 4 is 11.8 Å². The monoisotopic (exact) mass is 348 g/mol. The number of ether oxygens (including phenoxy) is 2. The summed E-state index contributed by atoms with van der Waals surface area (Å²) in [4.78, 5) is 16.2. The summed E-state index contributed by atoms with van der Waals surface area (Å²) >= 11 is 0. The van der Waals surface area contributed by atoms with Gasteiger partial charge in [-0.05, 0) is 72.2 Å². The van der Waals surface area contributed by atoms with Crippen molar-refractivity contribution in [2.45, 2.75) is 65.2 Å². The molecule has 1 aromatic carbocycles. The van der Waals surface area contributed by atoms with E-state index in [-0.39, 0.29) is 11.7 Å². The van der Waals surface area contributed by atoms with Gasteiger partial charge in [-0.3, -0.25) is 0 Å². The zero-order valence-corrected chi connectivity index (χ0v) is 16.6. The maximum atomic E-state index is 12.2. The van der Waals surface area contributed by atoms with Crippen molar-refractivity contribution in [2.24, 2.45) is 0 Å². The van der Waals surface area contributed by atoms with Gasteiger partial charge in [0.15, 0.2) is 0 Å². The summed E-state index contributed by atoms with van der Waals surface area (Å²) in [5, 5.41) is 0. The maximum absolute atomic E-state index is 12.2. The number of benzene rings is 1. The summed E-state index contributed by atoms with van der Waals surface area (Å²) in [6, 6.07) is 8.42. The highest BCUT2D eigenvalue weighted by atomic mass is 16.6. The number of hydrogen-bond acceptors (Lipinski definition) is 4. The molecule has 1 aliphatic heterocycles. The summed E-state index contributed by atoms with van der Waals surface area (Å²) in [5.41, 5.74) is 0.466. The highest BCUT2D eigenvalue weighted by Crippen LogP contribution is 2.26. The second kappa shape index (κ2) is 7.14. The Kier molecular flexibility index (Phi) is 5.55. The van der Waals surface area contributed by atoms with Crippen molar-refractivity contribution < 1.29 is 14.3 Å².